The SMILES string of the molecule is OC(CCC(F)(F)F)c1cc2c(s1)CCC2. The number of aliphatic hydroxyl groups excluding tert-OH is 1. The average molecular weight is 250 g/mol. The monoisotopic (exact) mass is 250 g/mol. The van der Waals surface area contributed by atoms with Crippen LogP contribution >= 0.6 is 11.3 Å². The summed E-state index contributed by atoms with van der Waals surface area (Å²) in [4.78, 5) is 1.93. The minimum Gasteiger partial charge on any atom is -0.388 e. The zero-order valence-electron chi connectivity index (χ0n) is 8.68. The maximum Gasteiger partial charge on any atom is 0.389 e. The number of hydrogen-bond acceptors (Lipinski definition) is 2. The first-order valence-electron chi connectivity index (χ1n) is 5.32. The average Bonchev–Trinajstić information content (AvgIpc) is 2.71. The molecule has 16 heavy (non-hydrogen) atoms. The fourth-order valence-corrected chi connectivity index (χ4v) is 3.24. The summed E-state index contributed by atoms with van der Waals surface area (Å²) in [7, 11) is 0. The normalized spacial score (nSPS) is 17.5. The maximum absolute atomic E-state index is 12.0. The molecule has 1 aliphatic rings. The molecule has 5 heteroatoms. The first kappa shape index (κ1) is 11.9. The highest BCUT2D eigenvalue weighted by atomic mass is 32.1. The molecule has 0 amide bonds. The number of halogens is 3. The van der Waals surface area contributed by atoms with Crippen molar-refractivity contribution in [2.45, 2.75) is 44.4 Å². The highest BCUT2D eigenvalue weighted by Gasteiger charge is 2.29. The van der Waals surface area contributed by atoms with Gasteiger partial charge in [0.15, 0.2) is 0 Å². The molecule has 1 unspecified atom stereocenters. The summed E-state index contributed by atoms with van der Waals surface area (Å²) in [6.07, 6.45) is -3.16. The quantitative estimate of drug-likeness (QED) is 0.868. The molecule has 0 saturated heterocycles. The van der Waals surface area contributed by atoms with Crippen LogP contribution in [0.5, 0.6) is 0 Å². The molecule has 0 bridgehead atoms. The van der Waals surface area contributed by atoms with Gasteiger partial charge in [-0.15, -0.1) is 11.3 Å². The molecule has 1 aromatic heterocycles. The fraction of sp³-hybridized carbons (Fsp3) is 0.636. The van der Waals surface area contributed by atoms with Gasteiger partial charge in [-0.1, -0.05) is 0 Å². The highest BCUT2D eigenvalue weighted by Crippen LogP contribution is 2.36. The van der Waals surface area contributed by atoms with E-state index in [0.29, 0.717) is 4.88 Å². The second-order valence-electron chi connectivity index (χ2n) is 4.12. The van der Waals surface area contributed by atoms with Crippen molar-refractivity contribution in [3.8, 4) is 0 Å². The molecule has 1 heterocycles. The van der Waals surface area contributed by atoms with Crippen molar-refractivity contribution in [3.05, 3.63) is 21.4 Å². The van der Waals surface area contributed by atoms with Crippen molar-refractivity contribution < 1.29 is 18.3 Å². The predicted molar refractivity (Wildman–Crippen MR) is 56.6 cm³/mol. The summed E-state index contributed by atoms with van der Waals surface area (Å²) in [5.74, 6) is 0. The maximum atomic E-state index is 12.0. The van der Waals surface area contributed by atoms with Crippen molar-refractivity contribution in [1.29, 1.82) is 0 Å². The Morgan fingerprint density at radius 2 is 2.12 bits per heavy atom. The van der Waals surface area contributed by atoms with Gasteiger partial charge in [0, 0.05) is 16.2 Å². The van der Waals surface area contributed by atoms with Crippen LogP contribution in [0.25, 0.3) is 0 Å². The van der Waals surface area contributed by atoms with E-state index in [1.807, 2.05) is 6.07 Å². The summed E-state index contributed by atoms with van der Waals surface area (Å²) in [6.45, 7) is 0. The van der Waals surface area contributed by atoms with E-state index in [1.165, 1.54) is 21.8 Å². The second kappa shape index (κ2) is 4.37. The summed E-state index contributed by atoms with van der Waals surface area (Å²) >= 11 is 1.46. The van der Waals surface area contributed by atoms with E-state index >= 15 is 0 Å². The molecule has 1 nitrogen and oxygen atoms in total. The number of aliphatic hydroxyl groups is 1. The lowest BCUT2D eigenvalue weighted by atomic mass is 10.1. The van der Waals surface area contributed by atoms with Crippen molar-refractivity contribution in [3.63, 3.8) is 0 Å². The molecule has 0 aromatic carbocycles. The van der Waals surface area contributed by atoms with Crippen molar-refractivity contribution in [2.24, 2.45) is 0 Å². The van der Waals surface area contributed by atoms with Crippen LogP contribution in [0.1, 0.15) is 40.7 Å². The molecular weight excluding hydrogens is 237 g/mol. The third kappa shape index (κ3) is 2.77. The molecular formula is C11H13F3OS. The van der Waals surface area contributed by atoms with E-state index in [4.69, 9.17) is 0 Å². The first-order valence-corrected chi connectivity index (χ1v) is 6.13. The van der Waals surface area contributed by atoms with E-state index < -0.39 is 18.7 Å². The topological polar surface area (TPSA) is 20.2 Å². The van der Waals surface area contributed by atoms with Gasteiger partial charge >= 0.3 is 6.18 Å². The Morgan fingerprint density at radius 3 is 2.75 bits per heavy atom. The first-order chi connectivity index (χ1) is 7.46. The smallest absolute Gasteiger partial charge is 0.388 e. The molecule has 1 N–H and O–H groups in total. The van der Waals surface area contributed by atoms with E-state index in [1.54, 1.807) is 0 Å². The Morgan fingerprint density at radius 1 is 1.38 bits per heavy atom. The number of thiophene rings is 1. The minimum atomic E-state index is -4.18. The van der Waals surface area contributed by atoms with Crippen LogP contribution in [0.3, 0.4) is 0 Å². The summed E-state index contributed by atoms with van der Waals surface area (Å²) < 4.78 is 36.0. The lowest BCUT2D eigenvalue weighted by molar-refractivity contribution is -0.140. The van der Waals surface area contributed by atoms with Crippen LogP contribution in [0.15, 0.2) is 6.07 Å². The zero-order chi connectivity index (χ0) is 11.8. The van der Waals surface area contributed by atoms with E-state index in [2.05, 4.69) is 0 Å². The number of alkyl halides is 3. The van der Waals surface area contributed by atoms with Crippen molar-refractivity contribution in [1.82, 2.24) is 0 Å². The summed E-state index contributed by atoms with van der Waals surface area (Å²) in [5, 5.41) is 9.65. The predicted octanol–water partition coefficient (Wildman–Crippen LogP) is 3.61. The van der Waals surface area contributed by atoms with Gasteiger partial charge in [0.1, 0.15) is 0 Å². The Kier molecular flexibility index (Phi) is 3.26. The minimum absolute atomic E-state index is 0.233. The molecule has 0 fully saturated rings. The third-order valence-electron chi connectivity index (χ3n) is 2.80. The summed E-state index contributed by atoms with van der Waals surface area (Å²) in [6, 6.07) is 1.87. The molecule has 0 radical (unpaired) electrons. The lowest BCUT2D eigenvalue weighted by Gasteiger charge is -2.10. The van der Waals surface area contributed by atoms with Crippen LogP contribution in [-0.2, 0) is 12.8 Å². The standard InChI is InChI=1S/C11H13F3OS/c12-11(13,14)5-4-8(15)10-6-7-2-1-3-9(7)16-10/h6,8,15H,1-5H2. The molecule has 2 rings (SSSR count). The fourth-order valence-electron chi connectivity index (χ4n) is 1.96. The zero-order valence-corrected chi connectivity index (χ0v) is 9.50. The van der Waals surface area contributed by atoms with Gasteiger partial charge in [0.25, 0.3) is 0 Å². The van der Waals surface area contributed by atoms with Gasteiger partial charge in [-0.3, -0.25) is 0 Å². The molecule has 1 atom stereocenters. The van der Waals surface area contributed by atoms with E-state index in [-0.39, 0.29) is 6.42 Å². The largest absolute Gasteiger partial charge is 0.389 e. The van der Waals surface area contributed by atoms with E-state index in [0.717, 1.165) is 19.3 Å². The Labute approximate surface area is 95.9 Å². The van der Waals surface area contributed by atoms with Crippen LogP contribution < -0.4 is 0 Å². The van der Waals surface area contributed by atoms with Crippen LogP contribution in [-0.4, -0.2) is 11.3 Å². The molecule has 1 aliphatic carbocycles. The lowest BCUT2D eigenvalue weighted by Crippen LogP contribution is -2.09. The van der Waals surface area contributed by atoms with Gasteiger partial charge in [-0.05, 0) is 37.3 Å². The number of rotatable bonds is 3. The van der Waals surface area contributed by atoms with Gasteiger partial charge < -0.3 is 5.11 Å². The Hall–Kier alpha value is -0.550. The third-order valence-corrected chi connectivity index (χ3v) is 4.13. The highest BCUT2D eigenvalue weighted by molar-refractivity contribution is 7.12. The number of aryl methyl sites for hydroxylation is 2. The molecule has 0 saturated carbocycles. The molecule has 0 aliphatic heterocycles. The van der Waals surface area contributed by atoms with Gasteiger partial charge in [-0.2, -0.15) is 13.2 Å². The summed E-state index contributed by atoms with van der Waals surface area (Å²) in [5.41, 5.74) is 1.21. The number of hydrogen-bond donors (Lipinski definition) is 1. The number of fused-ring (bicyclic) bond motifs is 1. The van der Waals surface area contributed by atoms with Crippen molar-refractivity contribution in [2.75, 3.05) is 0 Å². The van der Waals surface area contributed by atoms with Gasteiger partial charge in [-0.25, -0.2) is 0 Å². The van der Waals surface area contributed by atoms with Gasteiger partial charge in [0.05, 0.1) is 6.10 Å². The molecule has 0 spiro atoms. The van der Waals surface area contributed by atoms with E-state index in [9.17, 15) is 18.3 Å². The Balaban J connectivity index is 1.96. The molecule has 90 valence electrons. The van der Waals surface area contributed by atoms with Crippen LogP contribution in [0.2, 0.25) is 0 Å². The second-order valence-corrected chi connectivity index (χ2v) is 5.29. The van der Waals surface area contributed by atoms with Gasteiger partial charge in [0.2, 0.25) is 0 Å². The van der Waals surface area contributed by atoms with Crippen LogP contribution in [0, 0.1) is 0 Å². The molecule has 1 aromatic rings. The Bertz CT molecular complexity index is 348. The van der Waals surface area contributed by atoms with Crippen molar-refractivity contribution >= 4 is 11.3 Å². The van der Waals surface area contributed by atoms with Crippen LogP contribution in [0.4, 0.5) is 13.2 Å².